The van der Waals surface area contributed by atoms with Gasteiger partial charge in [0.05, 0.1) is 6.61 Å². The molecule has 0 aliphatic rings. The molecule has 0 aliphatic heterocycles. The van der Waals surface area contributed by atoms with Gasteiger partial charge in [-0.15, -0.1) is 0 Å². The molecule has 1 aromatic carbocycles. The molecule has 1 aromatic rings. The van der Waals surface area contributed by atoms with Gasteiger partial charge in [-0.2, -0.15) is 11.8 Å². The summed E-state index contributed by atoms with van der Waals surface area (Å²) in [5, 5.41) is 8.69. The largest absolute Gasteiger partial charge is 0.395 e. The minimum atomic E-state index is 0.129. The third-order valence-corrected chi connectivity index (χ3v) is 3.12. The smallest absolute Gasteiger partial charge is 0.0540 e. The molecule has 1 N–H and O–H groups in total. The van der Waals surface area contributed by atoms with Crippen molar-refractivity contribution in [2.24, 2.45) is 0 Å². The van der Waals surface area contributed by atoms with Crippen LogP contribution in [0, 0.1) is 11.8 Å². The van der Waals surface area contributed by atoms with E-state index in [0.717, 1.165) is 24.4 Å². The van der Waals surface area contributed by atoms with Crippen LogP contribution in [-0.2, 0) is 6.54 Å². The predicted octanol–water partition coefficient (Wildman–Crippen LogP) is 2.22. The first-order chi connectivity index (χ1) is 8.76. The highest BCUT2D eigenvalue weighted by Gasteiger charge is 2.00. The van der Waals surface area contributed by atoms with Gasteiger partial charge in [-0.25, -0.2) is 0 Å². The van der Waals surface area contributed by atoms with Crippen LogP contribution in [0.2, 0.25) is 0 Å². The molecule has 0 radical (unpaired) electrons. The zero-order valence-corrected chi connectivity index (χ0v) is 12.0. The van der Waals surface area contributed by atoms with Crippen LogP contribution < -0.4 is 0 Å². The average molecular weight is 263 g/mol. The van der Waals surface area contributed by atoms with Crippen molar-refractivity contribution in [1.29, 1.82) is 0 Å². The van der Waals surface area contributed by atoms with Crippen molar-refractivity contribution in [3.8, 4) is 11.8 Å². The van der Waals surface area contributed by atoms with Crippen LogP contribution in [0.3, 0.4) is 0 Å². The molecule has 0 saturated heterocycles. The number of hydrogen-bond donors (Lipinski definition) is 1. The molecule has 0 atom stereocenters. The Morgan fingerprint density at radius 3 is 2.94 bits per heavy atom. The fourth-order valence-electron chi connectivity index (χ4n) is 1.61. The molecule has 98 valence electrons. The van der Waals surface area contributed by atoms with Crippen LogP contribution in [-0.4, -0.2) is 42.2 Å². The molecule has 2 nitrogen and oxygen atoms in total. The highest BCUT2D eigenvalue weighted by molar-refractivity contribution is 7.98. The topological polar surface area (TPSA) is 23.5 Å². The normalized spacial score (nSPS) is 10.2. The summed E-state index contributed by atoms with van der Waals surface area (Å²) in [4.78, 5) is 2.32. The lowest BCUT2D eigenvalue weighted by atomic mass is 10.1. The quantitative estimate of drug-likeness (QED) is 0.796. The minimum absolute atomic E-state index is 0.129. The van der Waals surface area contributed by atoms with E-state index in [0.29, 0.717) is 6.42 Å². The van der Waals surface area contributed by atoms with Gasteiger partial charge in [-0.05, 0) is 31.0 Å². The number of benzene rings is 1. The number of aliphatic hydroxyl groups excluding tert-OH is 1. The van der Waals surface area contributed by atoms with Gasteiger partial charge in [0.1, 0.15) is 0 Å². The van der Waals surface area contributed by atoms with Crippen molar-refractivity contribution in [2.75, 3.05) is 32.2 Å². The second-order valence-corrected chi connectivity index (χ2v) is 5.19. The fraction of sp³-hybridized carbons (Fsp3) is 0.467. The highest BCUT2D eigenvalue weighted by atomic mass is 32.2. The Bertz CT molecular complexity index is 408. The van der Waals surface area contributed by atoms with E-state index in [1.54, 1.807) is 0 Å². The van der Waals surface area contributed by atoms with Gasteiger partial charge < -0.3 is 10.0 Å². The van der Waals surface area contributed by atoms with Crippen molar-refractivity contribution in [1.82, 2.24) is 4.90 Å². The lowest BCUT2D eigenvalue weighted by Gasteiger charge is -2.15. The van der Waals surface area contributed by atoms with Gasteiger partial charge in [0.15, 0.2) is 0 Å². The Morgan fingerprint density at radius 1 is 1.39 bits per heavy atom. The molecule has 0 heterocycles. The molecule has 0 saturated carbocycles. The Morgan fingerprint density at radius 2 is 2.22 bits per heavy atom. The van der Waals surface area contributed by atoms with Crippen molar-refractivity contribution in [3.05, 3.63) is 35.4 Å². The lowest BCUT2D eigenvalue weighted by Crippen LogP contribution is -2.20. The molecule has 18 heavy (non-hydrogen) atoms. The lowest BCUT2D eigenvalue weighted by molar-refractivity contribution is 0.305. The molecule has 0 amide bonds. The summed E-state index contributed by atoms with van der Waals surface area (Å²) >= 11 is 1.87. The summed E-state index contributed by atoms with van der Waals surface area (Å²) in [5.74, 6) is 7.18. The third kappa shape index (κ3) is 6.11. The molecule has 1 rings (SSSR count). The molecule has 3 heteroatoms. The van der Waals surface area contributed by atoms with Crippen molar-refractivity contribution in [3.63, 3.8) is 0 Å². The van der Waals surface area contributed by atoms with E-state index in [4.69, 9.17) is 5.11 Å². The maximum absolute atomic E-state index is 8.69. The van der Waals surface area contributed by atoms with E-state index in [9.17, 15) is 0 Å². The summed E-state index contributed by atoms with van der Waals surface area (Å²) in [7, 11) is 2.14. The molecule has 0 aromatic heterocycles. The SMILES string of the molecule is CSCCN(C)Cc1cccc(C#CCCO)c1. The van der Waals surface area contributed by atoms with E-state index in [1.807, 2.05) is 23.9 Å². The zero-order chi connectivity index (χ0) is 13.2. The minimum Gasteiger partial charge on any atom is -0.395 e. The van der Waals surface area contributed by atoms with Crippen LogP contribution in [0.4, 0.5) is 0 Å². The molecule has 0 fully saturated rings. The summed E-state index contributed by atoms with van der Waals surface area (Å²) < 4.78 is 0. The van der Waals surface area contributed by atoms with Crippen LogP contribution in [0.5, 0.6) is 0 Å². The second-order valence-electron chi connectivity index (χ2n) is 4.21. The average Bonchev–Trinajstić information content (AvgIpc) is 2.37. The zero-order valence-electron chi connectivity index (χ0n) is 11.1. The number of thioether (sulfide) groups is 1. The maximum atomic E-state index is 8.69. The van der Waals surface area contributed by atoms with Crippen molar-refractivity contribution < 1.29 is 5.11 Å². The van der Waals surface area contributed by atoms with Crippen LogP contribution in [0.25, 0.3) is 0 Å². The van der Waals surface area contributed by atoms with Gasteiger partial charge in [0.25, 0.3) is 0 Å². The summed E-state index contributed by atoms with van der Waals surface area (Å²) in [6, 6.07) is 8.31. The van der Waals surface area contributed by atoms with Crippen LogP contribution in [0.1, 0.15) is 17.5 Å². The monoisotopic (exact) mass is 263 g/mol. The summed E-state index contributed by atoms with van der Waals surface area (Å²) in [6.07, 6.45) is 2.67. The number of aliphatic hydroxyl groups is 1. The molecule has 0 bridgehead atoms. The van der Waals surface area contributed by atoms with Gasteiger partial charge in [0, 0.05) is 30.8 Å². The predicted molar refractivity (Wildman–Crippen MR) is 79.7 cm³/mol. The molecule has 0 aliphatic carbocycles. The van der Waals surface area contributed by atoms with Crippen LogP contribution >= 0.6 is 11.8 Å². The third-order valence-electron chi connectivity index (χ3n) is 2.53. The van der Waals surface area contributed by atoms with Gasteiger partial charge in [0.2, 0.25) is 0 Å². The maximum Gasteiger partial charge on any atom is 0.0540 e. The Hall–Kier alpha value is -0.950. The van der Waals surface area contributed by atoms with Crippen molar-refractivity contribution in [2.45, 2.75) is 13.0 Å². The van der Waals surface area contributed by atoms with Crippen molar-refractivity contribution >= 4 is 11.8 Å². The van der Waals surface area contributed by atoms with E-state index >= 15 is 0 Å². The molecular formula is C15H21NOS. The summed E-state index contributed by atoms with van der Waals surface area (Å²) in [5.41, 5.74) is 2.31. The Kier molecular flexibility index (Phi) is 7.59. The molecular weight excluding hydrogens is 242 g/mol. The van der Waals surface area contributed by atoms with Gasteiger partial charge in [-0.3, -0.25) is 0 Å². The second kappa shape index (κ2) is 9.04. The highest BCUT2D eigenvalue weighted by Crippen LogP contribution is 2.07. The Balaban J connectivity index is 2.57. The van der Waals surface area contributed by atoms with E-state index in [-0.39, 0.29) is 6.61 Å². The fourth-order valence-corrected chi connectivity index (χ4v) is 2.10. The molecule has 0 unspecified atom stereocenters. The van der Waals surface area contributed by atoms with E-state index in [2.05, 4.69) is 42.2 Å². The van der Waals surface area contributed by atoms with Gasteiger partial charge in [-0.1, -0.05) is 24.0 Å². The molecule has 0 spiro atoms. The first-order valence-electron chi connectivity index (χ1n) is 6.12. The number of hydrogen-bond acceptors (Lipinski definition) is 3. The van der Waals surface area contributed by atoms with Crippen LogP contribution in [0.15, 0.2) is 24.3 Å². The number of nitrogens with zero attached hydrogens (tertiary/aromatic N) is 1. The van der Waals surface area contributed by atoms with Gasteiger partial charge >= 0.3 is 0 Å². The standard InChI is InChI=1S/C15H21NOS/c1-16(9-11-18-2)13-15-8-5-7-14(12-15)6-3-4-10-17/h5,7-8,12,17H,4,9-11,13H2,1-2H3. The van der Waals surface area contributed by atoms with E-state index < -0.39 is 0 Å². The number of rotatable bonds is 6. The Labute approximate surface area is 114 Å². The summed E-state index contributed by atoms with van der Waals surface area (Å²) in [6.45, 7) is 2.18. The van der Waals surface area contributed by atoms with E-state index in [1.165, 1.54) is 5.56 Å². The first-order valence-corrected chi connectivity index (χ1v) is 7.52. The first kappa shape index (κ1) is 15.1.